The van der Waals surface area contributed by atoms with Crippen LogP contribution in [0.25, 0.3) is 111 Å². The smallest absolute Gasteiger partial charge is 0.164 e. The van der Waals surface area contributed by atoms with Crippen molar-refractivity contribution in [3.63, 3.8) is 0 Å². The Labute approximate surface area is 317 Å². The first-order valence-electron chi connectivity index (χ1n) is 18.5. The molecular weight excluding hydrogens is 671 g/mol. The van der Waals surface area contributed by atoms with Gasteiger partial charge in [0, 0.05) is 33.0 Å². The van der Waals surface area contributed by atoms with E-state index < -0.39 is 0 Å². The van der Waals surface area contributed by atoms with Crippen LogP contribution in [-0.2, 0) is 0 Å². The van der Waals surface area contributed by atoms with E-state index in [-0.39, 0.29) is 0 Å². The van der Waals surface area contributed by atoms with Gasteiger partial charge in [-0.15, -0.1) is 0 Å². The summed E-state index contributed by atoms with van der Waals surface area (Å²) in [5.41, 5.74) is 8.76. The summed E-state index contributed by atoms with van der Waals surface area (Å²) in [6, 6.07) is 65.8. The van der Waals surface area contributed by atoms with Gasteiger partial charge in [0.25, 0.3) is 0 Å². The minimum absolute atomic E-state index is 0.589. The fourth-order valence-corrected chi connectivity index (χ4v) is 7.86. The third kappa shape index (κ3) is 5.43. The lowest BCUT2D eigenvalue weighted by atomic mass is 9.95. The van der Waals surface area contributed by atoms with Crippen molar-refractivity contribution < 1.29 is 4.42 Å². The fraction of sp³-hybridized carbons (Fsp3) is 0. The van der Waals surface area contributed by atoms with Gasteiger partial charge in [0.15, 0.2) is 17.5 Å². The second-order valence-corrected chi connectivity index (χ2v) is 14.0. The zero-order valence-electron chi connectivity index (χ0n) is 29.6. The van der Waals surface area contributed by atoms with Gasteiger partial charge in [0.1, 0.15) is 11.2 Å². The summed E-state index contributed by atoms with van der Waals surface area (Å²) in [7, 11) is 0. The SMILES string of the molecule is c1ccc(-c2ccc(-c3nc(-c4ccc5ccccc5c4)nc(-c4ccc(-c5ccc6ccccc6c5)c5oc6cc7ccccc7cc6c45)n3)cc2)cc1. The number of aromatic nitrogens is 3. The third-order valence-electron chi connectivity index (χ3n) is 10.7. The van der Waals surface area contributed by atoms with Crippen LogP contribution in [-0.4, -0.2) is 15.0 Å². The van der Waals surface area contributed by atoms with Crippen molar-refractivity contribution in [1.29, 1.82) is 0 Å². The van der Waals surface area contributed by atoms with Crippen LogP contribution in [0.15, 0.2) is 192 Å². The molecule has 0 N–H and O–H groups in total. The van der Waals surface area contributed by atoms with Gasteiger partial charge in [-0.3, -0.25) is 0 Å². The highest BCUT2D eigenvalue weighted by Crippen LogP contribution is 2.43. The van der Waals surface area contributed by atoms with Crippen molar-refractivity contribution in [1.82, 2.24) is 15.0 Å². The number of rotatable bonds is 5. The van der Waals surface area contributed by atoms with E-state index >= 15 is 0 Å². The molecule has 0 atom stereocenters. The molecule has 0 aliphatic rings. The molecule has 0 amide bonds. The van der Waals surface area contributed by atoms with E-state index in [0.717, 1.165) is 77.0 Å². The Hall–Kier alpha value is -7.43. The number of fused-ring (bicyclic) bond motifs is 6. The monoisotopic (exact) mass is 701 g/mol. The molecule has 4 heteroatoms. The van der Waals surface area contributed by atoms with Crippen LogP contribution in [0.3, 0.4) is 0 Å². The Kier molecular flexibility index (Phi) is 7.14. The summed E-state index contributed by atoms with van der Waals surface area (Å²) in [5, 5.41) is 8.95. The molecule has 0 unspecified atom stereocenters. The minimum Gasteiger partial charge on any atom is -0.455 e. The average molecular weight is 702 g/mol. The first-order chi connectivity index (χ1) is 27.2. The number of hydrogen-bond donors (Lipinski definition) is 0. The molecule has 9 aromatic carbocycles. The average Bonchev–Trinajstić information content (AvgIpc) is 3.63. The van der Waals surface area contributed by atoms with Gasteiger partial charge in [0.2, 0.25) is 0 Å². The van der Waals surface area contributed by atoms with E-state index in [1.54, 1.807) is 0 Å². The van der Waals surface area contributed by atoms with Gasteiger partial charge in [-0.05, 0) is 85.4 Å². The number of hydrogen-bond acceptors (Lipinski definition) is 4. The van der Waals surface area contributed by atoms with Crippen LogP contribution in [0.5, 0.6) is 0 Å². The van der Waals surface area contributed by atoms with Gasteiger partial charge < -0.3 is 4.42 Å². The standard InChI is InChI=1S/C51H31N3O/c1-2-10-32(11-3-1)35-18-22-36(23-19-35)49-52-50(42-25-21-34-13-5-7-15-38(34)29-42)54-51(53-49)44-27-26-43(41-24-20-33-12-4-6-14-37(33)28-41)48-47(44)45-30-39-16-8-9-17-40(39)31-46(45)55-48/h1-31H. The molecule has 0 saturated heterocycles. The highest BCUT2D eigenvalue weighted by Gasteiger charge is 2.21. The Morgan fingerprint density at radius 2 is 0.782 bits per heavy atom. The van der Waals surface area contributed by atoms with Crippen molar-refractivity contribution in [2.24, 2.45) is 0 Å². The van der Waals surface area contributed by atoms with Gasteiger partial charge in [-0.2, -0.15) is 0 Å². The Balaban J connectivity index is 1.16. The lowest BCUT2D eigenvalue weighted by Crippen LogP contribution is -2.00. The van der Waals surface area contributed by atoms with Crippen LogP contribution in [0.1, 0.15) is 0 Å². The van der Waals surface area contributed by atoms with E-state index in [9.17, 15) is 0 Å². The van der Waals surface area contributed by atoms with E-state index in [2.05, 4.69) is 182 Å². The molecule has 0 saturated carbocycles. The summed E-state index contributed by atoms with van der Waals surface area (Å²) in [6.45, 7) is 0. The van der Waals surface area contributed by atoms with Crippen LogP contribution < -0.4 is 0 Å². The van der Waals surface area contributed by atoms with Crippen molar-refractivity contribution in [2.75, 3.05) is 0 Å². The largest absolute Gasteiger partial charge is 0.455 e. The maximum Gasteiger partial charge on any atom is 0.164 e. The second kappa shape index (κ2) is 12.6. The van der Waals surface area contributed by atoms with Crippen molar-refractivity contribution >= 4 is 54.3 Å². The van der Waals surface area contributed by atoms with Crippen molar-refractivity contribution in [3.8, 4) is 56.4 Å². The van der Waals surface area contributed by atoms with Crippen LogP contribution in [0.4, 0.5) is 0 Å². The highest BCUT2D eigenvalue weighted by molar-refractivity contribution is 6.18. The van der Waals surface area contributed by atoms with Gasteiger partial charge in [0.05, 0.1) is 0 Å². The summed E-state index contributed by atoms with van der Waals surface area (Å²) in [6.07, 6.45) is 0. The zero-order valence-corrected chi connectivity index (χ0v) is 29.6. The number of nitrogens with zero attached hydrogens (tertiary/aromatic N) is 3. The molecular formula is C51H31N3O. The fourth-order valence-electron chi connectivity index (χ4n) is 7.86. The normalized spacial score (nSPS) is 11.6. The summed E-state index contributed by atoms with van der Waals surface area (Å²) >= 11 is 0. The summed E-state index contributed by atoms with van der Waals surface area (Å²) < 4.78 is 6.88. The topological polar surface area (TPSA) is 51.8 Å². The number of furan rings is 1. The maximum absolute atomic E-state index is 6.88. The Morgan fingerprint density at radius 3 is 1.47 bits per heavy atom. The highest BCUT2D eigenvalue weighted by atomic mass is 16.3. The minimum atomic E-state index is 0.589. The summed E-state index contributed by atoms with van der Waals surface area (Å²) in [5.74, 6) is 1.81. The predicted molar refractivity (Wildman–Crippen MR) is 227 cm³/mol. The van der Waals surface area contributed by atoms with E-state index in [0.29, 0.717) is 17.5 Å². The summed E-state index contributed by atoms with van der Waals surface area (Å²) in [4.78, 5) is 15.6. The lowest BCUT2D eigenvalue weighted by molar-refractivity contribution is 0.670. The van der Waals surface area contributed by atoms with Gasteiger partial charge in [-0.1, -0.05) is 152 Å². The molecule has 4 nitrogen and oxygen atoms in total. The molecule has 11 aromatic rings. The van der Waals surface area contributed by atoms with Gasteiger partial charge >= 0.3 is 0 Å². The predicted octanol–water partition coefficient (Wildman–Crippen LogP) is 13.6. The molecule has 0 aliphatic carbocycles. The Bertz CT molecular complexity index is 3260. The van der Waals surface area contributed by atoms with Crippen LogP contribution in [0, 0.1) is 0 Å². The molecule has 2 aromatic heterocycles. The van der Waals surface area contributed by atoms with Crippen LogP contribution in [0.2, 0.25) is 0 Å². The molecule has 0 fully saturated rings. The molecule has 0 bridgehead atoms. The Morgan fingerprint density at radius 1 is 0.309 bits per heavy atom. The first kappa shape index (κ1) is 31.1. The molecule has 2 heterocycles. The van der Waals surface area contributed by atoms with Crippen molar-refractivity contribution in [2.45, 2.75) is 0 Å². The maximum atomic E-state index is 6.88. The second-order valence-electron chi connectivity index (χ2n) is 14.0. The zero-order chi connectivity index (χ0) is 36.3. The molecule has 256 valence electrons. The number of benzene rings is 9. The quantitative estimate of drug-likeness (QED) is 0.179. The van der Waals surface area contributed by atoms with Crippen LogP contribution >= 0.6 is 0 Å². The first-order valence-corrected chi connectivity index (χ1v) is 18.5. The molecule has 11 rings (SSSR count). The molecule has 0 aliphatic heterocycles. The van der Waals surface area contributed by atoms with E-state index in [1.165, 1.54) is 16.2 Å². The van der Waals surface area contributed by atoms with Gasteiger partial charge in [-0.25, -0.2) is 15.0 Å². The van der Waals surface area contributed by atoms with E-state index in [1.807, 2.05) is 6.07 Å². The third-order valence-corrected chi connectivity index (χ3v) is 10.7. The molecule has 0 spiro atoms. The lowest BCUT2D eigenvalue weighted by Gasteiger charge is -2.12. The molecule has 0 radical (unpaired) electrons. The molecule has 55 heavy (non-hydrogen) atoms. The van der Waals surface area contributed by atoms with E-state index in [4.69, 9.17) is 19.4 Å². The van der Waals surface area contributed by atoms with Crippen molar-refractivity contribution in [3.05, 3.63) is 188 Å².